The van der Waals surface area contributed by atoms with E-state index in [4.69, 9.17) is 4.74 Å². The van der Waals surface area contributed by atoms with Gasteiger partial charge in [-0.1, -0.05) is 13.3 Å². The van der Waals surface area contributed by atoms with Gasteiger partial charge in [-0.15, -0.1) is 0 Å². The molecule has 2 rings (SSSR count). The summed E-state index contributed by atoms with van der Waals surface area (Å²) < 4.78 is 5.51. The highest BCUT2D eigenvalue weighted by Crippen LogP contribution is 2.31. The maximum absolute atomic E-state index is 11.0. The summed E-state index contributed by atoms with van der Waals surface area (Å²) in [6, 6.07) is 4.91. The summed E-state index contributed by atoms with van der Waals surface area (Å²) in [4.78, 5) is 10.6. The quantitative estimate of drug-likeness (QED) is 0.596. The summed E-state index contributed by atoms with van der Waals surface area (Å²) in [5, 5.41) is 23.7. The summed E-state index contributed by atoms with van der Waals surface area (Å²) in [6.07, 6.45) is 3.87. The van der Waals surface area contributed by atoms with Crippen LogP contribution in [0.2, 0.25) is 0 Å². The molecule has 0 aromatic heterocycles. The third-order valence-corrected chi connectivity index (χ3v) is 3.82. The topological polar surface area (TPSA) is 84.6 Å². The summed E-state index contributed by atoms with van der Waals surface area (Å²) in [5.41, 5.74) is 0.699. The number of nitrogens with one attached hydrogen (secondary N) is 1. The maximum atomic E-state index is 11.0. The molecule has 2 N–H and O–H groups in total. The van der Waals surface area contributed by atoms with E-state index in [0.717, 1.165) is 25.7 Å². The van der Waals surface area contributed by atoms with Crippen LogP contribution in [0.5, 0.6) is 5.75 Å². The zero-order chi connectivity index (χ0) is 15.2. The molecule has 0 bridgehead atoms. The molecule has 0 heterocycles. The molecule has 0 radical (unpaired) electrons. The highest BCUT2D eigenvalue weighted by molar-refractivity contribution is 5.57. The van der Waals surface area contributed by atoms with E-state index < -0.39 is 4.92 Å². The fraction of sp³-hybridized carbons (Fsp3) is 0.600. The Morgan fingerprint density at radius 3 is 2.90 bits per heavy atom. The van der Waals surface area contributed by atoms with Crippen molar-refractivity contribution >= 4 is 11.4 Å². The Morgan fingerprint density at radius 2 is 2.24 bits per heavy atom. The van der Waals surface area contributed by atoms with Gasteiger partial charge in [-0.25, -0.2) is 0 Å². The molecular formula is C15H22N2O4. The first-order chi connectivity index (χ1) is 10.1. The number of hydrogen-bond acceptors (Lipinski definition) is 5. The smallest absolute Gasteiger partial charge is 0.275 e. The van der Waals surface area contributed by atoms with E-state index >= 15 is 0 Å². The molecule has 0 saturated heterocycles. The first-order valence-electron chi connectivity index (χ1n) is 7.43. The second kappa shape index (κ2) is 7.26. The van der Waals surface area contributed by atoms with Gasteiger partial charge in [-0.3, -0.25) is 10.1 Å². The van der Waals surface area contributed by atoms with Gasteiger partial charge in [0, 0.05) is 36.4 Å². The lowest BCUT2D eigenvalue weighted by molar-refractivity contribution is -0.384. The number of hydrogen-bond donors (Lipinski definition) is 2. The average molecular weight is 294 g/mol. The molecule has 2 atom stereocenters. The van der Waals surface area contributed by atoms with Crippen LogP contribution in [0.4, 0.5) is 11.4 Å². The van der Waals surface area contributed by atoms with Crippen LogP contribution >= 0.6 is 0 Å². The lowest BCUT2D eigenvalue weighted by Gasteiger charge is -2.20. The SMILES string of the molecule is CCCOc1cc(NC2CCCC2CO)cc([N+](=O)[O-])c1. The summed E-state index contributed by atoms with van der Waals surface area (Å²) in [5.74, 6) is 0.719. The minimum Gasteiger partial charge on any atom is -0.493 e. The Balaban J connectivity index is 2.16. The van der Waals surface area contributed by atoms with Gasteiger partial charge in [0.1, 0.15) is 5.75 Å². The Bertz CT molecular complexity index is 493. The summed E-state index contributed by atoms with van der Waals surface area (Å²) >= 11 is 0. The van der Waals surface area contributed by atoms with Gasteiger partial charge in [-0.2, -0.15) is 0 Å². The minimum atomic E-state index is -0.415. The van der Waals surface area contributed by atoms with E-state index in [1.165, 1.54) is 12.1 Å². The number of nitro benzene ring substituents is 1. The molecule has 1 aliphatic carbocycles. The van der Waals surface area contributed by atoms with Gasteiger partial charge in [0.25, 0.3) is 5.69 Å². The standard InChI is InChI=1S/C15H22N2O4/c1-2-6-21-14-8-12(7-13(9-14)17(19)20)16-15-5-3-4-11(15)10-18/h7-9,11,15-16,18H,2-6,10H2,1H3. The average Bonchev–Trinajstić information content (AvgIpc) is 2.92. The molecule has 1 aromatic carbocycles. The molecule has 6 heteroatoms. The summed E-state index contributed by atoms with van der Waals surface area (Å²) in [6.45, 7) is 2.66. The molecule has 0 aliphatic heterocycles. The maximum Gasteiger partial charge on any atom is 0.275 e. The van der Waals surface area contributed by atoms with Crippen molar-refractivity contribution in [3.05, 3.63) is 28.3 Å². The lowest BCUT2D eigenvalue weighted by Crippen LogP contribution is -2.26. The largest absolute Gasteiger partial charge is 0.493 e. The van der Waals surface area contributed by atoms with Gasteiger partial charge >= 0.3 is 0 Å². The van der Waals surface area contributed by atoms with Gasteiger partial charge in [-0.05, 0) is 19.3 Å². The number of non-ortho nitro benzene ring substituents is 1. The van der Waals surface area contributed by atoms with Crippen LogP contribution < -0.4 is 10.1 Å². The fourth-order valence-corrected chi connectivity index (χ4v) is 2.73. The molecule has 0 spiro atoms. The number of ether oxygens (including phenoxy) is 1. The van der Waals surface area contributed by atoms with Crippen molar-refractivity contribution in [2.24, 2.45) is 5.92 Å². The molecule has 1 aromatic rings. The molecule has 116 valence electrons. The molecule has 2 unspecified atom stereocenters. The summed E-state index contributed by atoms with van der Waals surface area (Å²) in [7, 11) is 0. The van der Waals surface area contributed by atoms with E-state index in [0.29, 0.717) is 18.0 Å². The Hall–Kier alpha value is -1.82. The van der Waals surface area contributed by atoms with Crippen molar-refractivity contribution in [2.45, 2.75) is 38.6 Å². The Morgan fingerprint density at radius 1 is 1.43 bits per heavy atom. The first-order valence-corrected chi connectivity index (χ1v) is 7.43. The van der Waals surface area contributed by atoms with Crippen molar-refractivity contribution < 1.29 is 14.8 Å². The second-order valence-electron chi connectivity index (χ2n) is 5.45. The molecule has 6 nitrogen and oxygen atoms in total. The van der Waals surface area contributed by atoms with E-state index in [-0.39, 0.29) is 24.3 Å². The normalized spacial score (nSPS) is 21.2. The fourth-order valence-electron chi connectivity index (χ4n) is 2.73. The van der Waals surface area contributed by atoms with Crippen LogP contribution in [0, 0.1) is 16.0 Å². The van der Waals surface area contributed by atoms with E-state index in [2.05, 4.69) is 5.32 Å². The number of aliphatic hydroxyl groups excluding tert-OH is 1. The van der Waals surface area contributed by atoms with Crippen LogP contribution in [0.1, 0.15) is 32.6 Å². The van der Waals surface area contributed by atoms with Crippen molar-refractivity contribution in [1.82, 2.24) is 0 Å². The zero-order valence-corrected chi connectivity index (χ0v) is 12.2. The van der Waals surface area contributed by atoms with Gasteiger partial charge in [0.15, 0.2) is 0 Å². The Kier molecular flexibility index (Phi) is 5.38. The van der Waals surface area contributed by atoms with Gasteiger partial charge < -0.3 is 15.2 Å². The number of nitro groups is 1. The van der Waals surface area contributed by atoms with Crippen molar-refractivity contribution in [3.63, 3.8) is 0 Å². The predicted molar refractivity (Wildman–Crippen MR) is 80.7 cm³/mol. The predicted octanol–water partition coefficient (Wildman–Crippen LogP) is 2.96. The van der Waals surface area contributed by atoms with Crippen LogP contribution in [0.15, 0.2) is 18.2 Å². The number of nitrogens with zero attached hydrogens (tertiary/aromatic N) is 1. The van der Waals surface area contributed by atoms with Crippen molar-refractivity contribution in [1.29, 1.82) is 0 Å². The van der Waals surface area contributed by atoms with Crippen LogP contribution in [-0.2, 0) is 0 Å². The third-order valence-electron chi connectivity index (χ3n) is 3.82. The van der Waals surface area contributed by atoms with Crippen LogP contribution in [-0.4, -0.2) is 29.3 Å². The Labute approximate surface area is 124 Å². The highest BCUT2D eigenvalue weighted by atomic mass is 16.6. The lowest BCUT2D eigenvalue weighted by atomic mass is 10.0. The number of benzene rings is 1. The van der Waals surface area contributed by atoms with Gasteiger partial charge in [0.2, 0.25) is 0 Å². The molecular weight excluding hydrogens is 272 g/mol. The second-order valence-corrected chi connectivity index (χ2v) is 5.45. The molecule has 1 fully saturated rings. The minimum absolute atomic E-state index is 0.0182. The number of rotatable bonds is 7. The van der Waals surface area contributed by atoms with Crippen molar-refractivity contribution in [3.8, 4) is 5.75 Å². The highest BCUT2D eigenvalue weighted by Gasteiger charge is 2.27. The number of anilines is 1. The van der Waals surface area contributed by atoms with Gasteiger partial charge in [0.05, 0.1) is 17.6 Å². The van der Waals surface area contributed by atoms with E-state index in [1.54, 1.807) is 6.07 Å². The third kappa shape index (κ3) is 4.07. The van der Waals surface area contributed by atoms with Crippen LogP contribution in [0.25, 0.3) is 0 Å². The van der Waals surface area contributed by atoms with E-state index in [1.807, 2.05) is 6.92 Å². The first kappa shape index (κ1) is 15.6. The molecule has 1 aliphatic rings. The monoisotopic (exact) mass is 294 g/mol. The number of aliphatic hydroxyl groups is 1. The molecule has 1 saturated carbocycles. The zero-order valence-electron chi connectivity index (χ0n) is 12.2. The van der Waals surface area contributed by atoms with Crippen LogP contribution in [0.3, 0.4) is 0 Å². The molecule has 0 amide bonds. The molecule has 21 heavy (non-hydrogen) atoms. The van der Waals surface area contributed by atoms with Crippen molar-refractivity contribution in [2.75, 3.05) is 18.5 Å². The van der Waals surface area contributed by atoms with E-state index in [9.17, 15) is 15.2 Å².